The number of rotatable bonds is 5. The van der Waals surface area contributed by atoms with Crippen LogP contribution in [0.25, 0.3) is 6.08 Å². The lowest BCUT2D eigenvalue weighted by Gasteiger charge is -2.09. The van der Waals surface area contributed by atoms with Gasteiger partial charge in [0.05, 0.1) is 13.0 Å². The fraction of sp³-hybridized carbons (Fsp3) is 0.312. The molecule has 1 saturated carbocycles. The molecule has 2 rings (SSSR count). The molecule has 0 aliphatic heterocycles. The standard InChI is InChI=1S/C16H16N2O4/c1-18-15(19)12(9-17)7-10-3-6-13(14(8-10)21-2)22-16(20)11-4-5-11/h3,6-8,11H,4-5H2,1-2H3,(H,18,19)/b12-7+. The van der Waals surface area contributed by atoms with Gasteiger partial charge in [-0.1, -0.05) is 6.07 Å². The number of benzene rings is 1. The van der Waals surface area contributed by atoms with Crippen LogP contribution in [0, 0.1) is 17.2 Å². The highest BCUT2D eigenvalue weighted by Crippen LogP contribution is 2.34. The van der Waals surface area contributed by atoms with E-state index in [1.165, 1.54) is 20.2 Å². The number of nitrogens with one attached hydrogen (secondary N) is 1. The molecule has 0 bridgehead atoms. The largest absolute Gasteiger partial charge is 0.493 e. The number of hydrogen-bond donors (Lipinski definition) is 1. The van der Waals surface area contributed by atoms with E-state index in [0.29, 0.717) is 17.1 Å². The molecule has 0 radical (unpaired) electrons. The highest BCUT2D eigenvalue weighted by atomic mass is 16.6. The minimum Gasteiger partial charge on any atom is -0.493 e. The van der Waals surface area contributed by atoms with E-state index in [0.717, 1.165) is 12.8 Å². The average molecular weight is 300 g/mol. The first-order valence-corrected chi connectivity index (χ1v) is 6.82. The Kier molecular flexibility index (Phi) is 4.79. The molecule has 0 atom stereocenters. The third kappa shape index (κ3) is 3.64. The van der Waals surface area contributed by atoms with E-state index in [2.05, 4.69) is 5.32 Å². The Morgan fingerprint density at radius 2 is 2.09 bits per heavy atom. The normalized spacial score (nSPS) is 14.0. The van der Waals surface area contributed by atoms with Crippen molar-refractivity contribution >= 4 is 18.0 Å². The fourth-order valence-electron chi connectivity index (χ4n) is 1.82. The number of methoxy groups -OCH3 is 1. The number of carbonyl (C=O) groups is 2. The van der Waals surface area contributed by atoms with E-state index in [-0.39, 0.29) is 17.5 Å². The van der Waals surface area contributed by atoms with Gasteiger partial charge in [0, 0.05) is 7.05 Å². The Hall–Kier alpha value is -2.81. The van der Waals surface area contributed by atoms with Gasteiger partial charge >= 0.3 is 5.97 Å². The number of carbonyl (C=O) groups excluding carboxylic acids is 2. The van der Waals surface area contributed by atoms with E-state index < -0.39 is 5.91 Å². The molecule has 0 unspecified atom stereocenters. The van der Waals surface area contributed by atoms with Crippen molar-refractivity contribution in [1.82, 2.24) is 5.32 Å². The first-order valence-electron chi connectivity index (χ1n) is 6.82. The second kappa shape index (κ2) is 6.76. The van der Waals surface area contributed by atoms with Gasteiger partial charge in [-0.25, -0.2) is 0 Å². The van der Waals surface area contributed by atoms with Crippen molar-refractivity contribution in [2.24, 2.45) is 5.92 Å². The molecule has 1 aliphatic rings. The van der Waals surface area contributed by atoms with Gasteiger partial charge in [-0.05, 0) is 36.6 Å². The lowest BCUT2D eigenvalue weighted by molar-refractivity contribution is -0.135. The maximum atomic E-state index is 11.7. The van der Waals surface area contributed by atoms with Gasteiger partial charge in [-0.3, -0.25) is 9.59 Å². The summed E-state index contributed by atoms with van der Waals surface area (Å²) < 4.78 is 10.5. The quantitative estimate of drug-likeness (QED) is 0.387. The molecular weight excluding hydrogens is 284 g/mol. The number of nitriles is 1. The summed E-state index contributed by atoms with van der Waals surface area (Å²) >= 11 is 0. The zero-order chi connectivity index (χ0) is 16.1. The first-order chi connectivity index (χ1) is 10.6. The molecule has 0 saturated heterocycles. The maximum Gasteiger partial charge on any atom is 0.314 e. The summed E-state index contributed by atoms with van der Waals surface area (Å²) in [5.74, 6) is -0.0370. The van der Waals surface area contributed by atoms with Gasteiger partial charge in [-0.15, -0.1) is 0 Å². The summed E-state index contributed by atoms with van der Waals surface area (Å²) in [6.45, 7) is 0. The third-order valence-corrected chi connectivity index (χ3v) is 3.21. The van der Waals surface area contributed by atoms with Gasteiger partial charge in [0.15, 0.2) is 11.5 Å². The molecule has 0 spiro atoms. The number of nitrogens with zero attached hydrogens (tertiary/aromatic N) is 1. The summed E-state index contributed by atoms with van der Waals surface area (Å²) in [5, 5.41) is 11.4. The van der Waals surface area contributed by atoms with Gasteiger partial charge in [0.2, 0.25) is 0 Å². The molecule has 1 aromatic carbocycles. The second-order valence-corrected chi connectivity index (χ2v) is 4.85. The average Bonchev–Trinajstić information content (AvgIpc) is 3.37. The Morgan fingerprint density at radius 1 is 1.36 bits per heavy atom. The highest BCUT2D eigenvalue weighted by molar-refractivity contribution is 6.01. The molecule has 1 aromatic rings. The molecule has 1 aliphatic carbocycles. The van der Waals surface area contributed by atoms with E-state index in [1.807, 2.05) is 6.07 Å². The van der Waals surface area contributed by atoms with Crippen LogP contribution in [-0.2, 0) is 9.59 Å². The Labute approximate surface area is 128 Å². The predicted molar refractivity (Wildman–Crippen MR) is 79.0 cm³/mol. The highest BCUT2D eigenvalue weighted by Gasteiger charge is 2.32. The monoisotopic (exact) mass is 300 g/mol. The maximum absolute atomic E-state index is 11.7. The van der Waals surface area contributed by atoms with Gasteiger partial charge < -0.3 is 14.8 Å². The summed E-state index contributed by atoms with van der Waals surface area (Å²) in [4.78, 5) is 23.2. The molecule has 0 aromatic heterocycles. The molecule has 0 heterocycles. The SMILES string of the molecule is CNC(=O)/C(C#N)=C/c1ccc(OC(=O)C2CC2)c(OC)c1. The number of esters is 1. The van der Waals surface area contributed by atoms with E-state index in [9.17, 15) is 9.59 Å². The van der Waals surface area contributed by atoms with Crippen molar-refractivity contribution in [3.63, 3.8) is 0 Å². The summed E-state index contributed by atoms with van der Waals surface area (Å²) in [5.41, 5.74) is 0.579. The Morgan fingerprint density at radius 3 is 2.64 bits per heavy atom. The molecule has 114 valence electrons. The van der Waals surface area contributed by atoms with Crippen LogP contribution in [0.2, 0.25) is 0 Å². The van der Waals surface area contributed by atoms with Crippen molar-refractivity contribution < 1.29 is 19.1 Å². The summed E-state index contributed by atoms with van der Waals surface area (Å²) in [6.07, 6.45) is 3.16. The van der Waals surface area contributed by atoms with Crippen LogP contribution < -0.4 is 14.8 Å². The third-order valence-electron chi connectivity index (χ3n) is 3.21. The molecular formula is C16H16N2O4. The first kappa shape index (κ1) is 15.6. The van der Waals surface area contributed by atoms with Crippen molar-refractivity contribution in [1.29, 1.82) is 5.26 Å². The predicted octanol–water partition coefficient (Wildman–Crippen LogP) is 1.66. The summed E-state index contributed by atoms with van der Waals surface area (Å²) in [7, 11) is 2.91. The van der Waals surface area contributed by atoms with Crippen LogP contribution >= 0.6 is 0 Å². The minimum absolute atomic E-state index is 0.0114. The molecule has 6 nitrogen and oxygen atoms in total. The number of likely N-dealkylation sites (N-methyl/N-ethyl adjacent to an activating group) is 1. The van der Waals surface area contributed by atoms with E-state index in [4.69, 9.17) is 14.7 Å². The lowest BCUT2D eigenvalue weighted by Crippen LogP contribution is -2.19. The molecule has 22 heavy (non-hydrogen) atoms. The topological polar surface area (TPSA) is 88.4 Å². The van der Waals surface area contributed by atoms with E-state index in [1.54, 1.807) is 18.2 Å². The zero-order valence-corrected chi connectivity index (χ0v) is 12.4. The van der Waals surface area contributed by atoms with Crippen molar-refractivity contribution in [2.45, 2.75) is 12.8 Å². The lowest BCUT2D eigenvalue weighted by atomic mass is 10.1. The van der Waals surface area contributed by atoms with Crippen LogP contribution in [-0.4, -0.2) is 26.0 Å². The van der Waals surface area contributed by atoms with Gasteiger partial charge in [0.25, 0.3) is 5.91 Å². The van der Waals surface area contributed by atoms with Crippen LogP contribution in [0.3, 0.4) is 0 Å². The second-order valence-electron chi connectivity index (χ2n) is 4.85. The van der Waals surface area contributed by atoms with E-state index >= 15 is 0 Å². The smallest absolute Gasteiger partial charge is 0.314 e. The van der Waals surface area contributed by atoms with Gasteiger partial charge in [0.1, 0.15) is 11.6 Å². The van der Waals surface area contributed by atoms with Crippen LogP contribution in [0.5, 0.6) is 11.5 Å². The van der Waals surface area contributed by atoms with Crippen LogP contribution in [0.1, 0.15) is 18.4 Å². The summed E-state index contributed by atoms with van der Waals surface area (Å²) in [6, 6.07) is 6.68. The molecule has 1 N–H and O–H groups in total. The molecule has 1 fully saturated rings. The van der Waals surface area contributed by atoms with Gasteiger partial charge in [-0.2, -0.15) is 5.26 Å². The zero-order valence-electron chi connectivity index (χ0n) is 12.4. The molecule has 6 heteroatoms. The Balaban J connectivity index is 2.24. The van der Waals surface area contributed by atoms with Crippen molar-refractivity contribution in [3.8, 4) is 17.6 Å². The number of hydrogen-bond acceptors (Lipinski definition) is 5. The fourth-order valence-corrected chi connectivity index (χ4v) is 1.82. The number of ether oxygens (including phenoxy) is 2. The van der Waals surface area contributed by atoms with Crippen molar-refractivity contribution in [2.75, 3.05) is 14.2 Å². The van der Waals surface area contributed by atoms with Crippen molar-refractivity contribution in [3.05, 3.63) is 29.3 Å². The van der Waals surface area contributed by atoms with Crippen LogP contribution in [0.15, 0.2) is 23.8 Å². The minimum atomic E-state index is -0.467. The molecule has 1 amide bonds. The Bertz CT molecular complexity index is 669. The number of amides is 1. The van der Waals surface area contributed by atoms with Crippen LogP contribution in [0.4, 0.5) is 0 Å².